The molecule has 0 aliphatic rings. The molecule has 0 amide bonds. The molecule has 0 bridgehead atoms. The molecule has 1 aromatic carbocycles. The summed E-state index contributed by atoms with van der Waals surface area (Å²) in [4.78, 5) is 12.7. The van der Waals surface area contributed by atoms with Crippen molar-refractivity contribution in [3.05, 3.63) is 29.8 Å². The fourth-order valence-electron chi connectivity index (χ4n) is 1.47. The van der Waals surface area contributed by atoms with Crippen LogP contribution in [-0.2, 0) is 0 Å². The highest BCUT2D eigenvalue weighted by Crippen LogP contribution is 2.15. The van der Waals surface area contributed by atoms with E-state index in [9.17, 15) is 4.79 Å². The van der Waals surface area contributed by atoms with Gasteiger partial charge in [-0.3, -0.25) is 0 Å². The second-order valence-electron chi connectivity index (χ2n) is 3.34. The topological polar surface area (TPSA) is 64.3 Å². The Kier molecular flexibility index (Phi) is 4.34. The van der Waals surface area contributed by atoms with Gasteiger partial charge in [0, 0.05) is 18.8 Å². The van der Waals surface area contributed by atoms with Gasteiger partial charge in [-0.05, 0) is 31.2 Å². The van der Waals surface area contributed by atoms with Gasteiger partial charge < -0.3 is 10.0 Å². The Morgan fingerprint density at radius 3 is 2.50 bits per heavy atom. The summed E-state index contributed by atoms with van der Waals surface area (Å²) in [5, 5.41) is 17.3. The number of hydrogen-bond acceptors (Lipinski definition) is 3. The zero-order valence-corrected chi connectivity index (χ0v) is 9.18. The Balaban J connectivity index is 2.78. The molecule has 84 valence electrons. The fraction of sp³-hybridized carbons (Fsp3) is 0.333. The molecule has 1 N–H and O–H groups in total. The van der Waals surface area contributed by atoms with Crippen molar-refractivity contribution in [3.8, 4) is 6.07 Å². The van der Waals surface area contributed by atoms with Crippen LogP contribution in [0.3, 0.4) is 0 Å². The van der Waals surface area contributed by atoms with Crippen molar-refractivity contribution in [3.63, 3.8) is 0 Å². The smallest absolute Gasteiger partial charge is 0.335 e. The summed E-state index contributed by atoms with van der Waals surface area (Å²) in [5.74, 6) is -0.924. The Bertz CT molecular complexity index is 392. The number of hydrogen-bond donors (Lipinski definition) is 1. The number of carboxylic acids is 1. The highest BCUT2D eigenvalue weighted by molar-refractivity contribution is 5.88. The number of anilines is 1. The summed E-state index contributed by atoms with van der Waals surface area (Å²) in [6, 6.07) is 8.78. The molecule has 0 aliphatic carbocycles. The molecule has 0 unspecified atom stereocenters. The molecular formula is C12H14N2O2. The summed E-state index contributed by atoms with van der Waals surface area (Å²) >= 11 is 0. The van der Waals surface area contributed by atoms with E-state index in [4.69, 9.17) is 10.4 Å². The average molecular weight is 218 g/mol. The van der Waals surface area contributed by atoms with Crippen LogP contribution in [0.15, 0.2) is 24.3 Å². The zero-order valence-electron chi connectivity index (χ0n) is 9.18. The van der Waals surface area contributed by atoms with E-state index in [1.165, 1.54) is 0 Å². The quantitative estimate of drug-likeness (QED) is 0.822. The van der Waals surface area contributed by atoms with E-state index in [0.717, 1.165) is 12.2 Å². The third-order valence-corrected chi connectivity index (χ3v) is 2.35. The van der Waals surface area contributed by atoms with E-state index < -0.39 is 5.97 Å². The van der Waals surface area contributed by atoms with Gasteiger partial charge >= 0.3 is 5.97 Å². The monoisotopic (exact) mass is 218 g/mol. The standard InChI is InChI=1S/C12H14N2O2/c1-2-14(9-3-8-13)11-6-4-10(5-7-11)12(15)16/h4-7H,2-3,9H2,1H3,(H,15,16). The van der Waals surface area contributed by atoms with Gasteiger partial charge in [0.05, 0.1) is 18.1 Å². The van der Waals surface area contributed by atoms with Gasteiger partial charge in [-0.15, -0.1) is 0 Å². The van der Waals surface area contributed by atoms with Crippen LogP contribution in [0.4, 0.5) is 5.69 Å². The highest BCUT2D eigenvalue weighted by Gasteiger charge is 2.06. The van der Waals surface area contributed by atoms with E-state index in [1.807, 2.05) is 11.8 Å². The van der Waals surface area contributed by atoms with Crippen LogP contribution in [0.25, 0.3) is 0 Å². The third-order valence-electron chi connectivity index (χ3n) is 2.35. The molecule has 0 saturated carbocycles. The summed E-state index contributed by atoms with van der Waals surface area (Å²) < 4.78 is 0. The molecule has 1 aromatic rings. The number of carboxylic acid groups (broad SMARTS) is 1. The van der Waals surface area contributed by atoms with E-state index in [0.29, 0.717) is 13.0 Å². The maximum absolute atomic E-state index is 10.7. The first kappa shape index (κ1) is 12.1. The lowest BCUT2D eigenvalue weighted by Gasteiger charge is -2.21. The summed E-state index contributed by atoms with van der Waals surface area (Å²) in [6.45, 7) is 3.47. The molecule has 1 rings (SSSR count). The summed E-state index contributed by atoms with van der Waals surface area (Å²) in [6.07, 6.45) is 0.467. The van der Waals surface area contributed by atoms with Crippen molar-refractivity contribution in [2.24, 2.45) is 0 Å². The van der Waals surface area contributed by atoms with Gasteiger partial charge in [-0.25, -0.2) is 4.79 Å². The van der Waals surface area contributed by atoms with Crippen LogP contribution in [0.1, 0.15) is 23.7 Å². The first-order valence-electron chi connectivity index (χ1n) is 5.14. The Morgan fingerprint density at radius 2 is 2.06 bits per heavy atom. The first-order valence-corrected chi connectivity index (χ1v) is 5.14. The fourth-order valence-corrected chi connectivity index (χ4v) is 1.47. The molecule has 0 fully saturated rings. The normalized spacial score (nSPS) is 9.50. The first-order chi connectivity index (χ1) is 7.69. The average Bonchev–Trinajstić information content (AvgIpc) is 2.30. The van der Waals surface area contributed by atoms with Gasteiger partial charge in [-0.2, -0.15) is 5.26 Å². The van der Waals surface area contributed by atoms with Crippen LogP contribution in [0.2, 0.25) is 0 Å². The molecule has 0 atom stereocenters. The number of rotatable bonds is 5. The lowest BCUT2D eigenvalue weighted by Crippen LogP contribution is -2.23. The van der Waals surface area contributed by atoms with Gasteiger partial charge in [0.15, 0.2) is 0 Å². The van der Waals surface area contributed by atoms with Crippen molar-refractivity contribution >= 4 is 11.7 Å². The van der Waals surface area contributed by atoms with Crippen molar-refractivity contribution < 1.29 is 9.90 Å². The molecule has 4 heteroatoms. The summed E-state index contributed by atoms with van der Waals surface area (Å²) in [7, 11) is 0. The Hall–Kier alpha value is -2.02. The number of benzene rings is 1. The largest absolute Gasteiger partial charge is 0.478 e. The number of carbonyl (C=O) groups is 1. The Labute approximate surface area is 94.7 Å². The van der Waals surface area contributed by atoms with E-state index >= 15 is 0 Å². The van der Waals surface area contributed by atoms with E-state index in [1.54, 1.807) is 24.3 Å². The lowest BCUT2D eigenvalue weighted by atomic mass is 10.2. The molecule has 0 radical (unpaired) electrons. The lowest BCUT2D eigenvalue weighted by molar-refractivity contribution is 0.0697. The van der Waals surface area contributed by atoms with Crippen LogP contribution in [-0.4, -0.2) is 24.2 Å². The number of nitrogens with zero attached hydrogens (tertiary/aromatic N) is 2. The van der Waals surface area contributed by atoms with Crippen LogP contribution in [0.5, 0.6) is 0 Å². The Morgan fingerprint density at radius 1 is 1.44 bits per heavy atom. The second kappa shape index (κ2) is 5.76. The van der Waals surface area contributed by atoms with Crippen molar-refractivity contribution in [1.29, 1.82) is 5.26 Å². The minimum atomic E-state index is -0.924. The van der Waals surface area contributed by atoms with Gasteiger partial charge in [0.25, 0.3) is 0 Å². The number of nitriles is 1. The zero-order chi connectivity index (χ0) is 12.0. The molecular weight excluding hydrogens is 204 g/mol. The third kappa shape index (κ3) is 2.99. The highest BCUT2D eigenvalue weighted by atomic mass is 16.4. The van der Waals surface area contributed by atoms with Crippen LogP contribution in [0, 0.1) is 11.3 Å². The maximum Gasteiger partial charge on any atom is 0.335 e. The van der Waals surface area contributed by atoms with Gasteiger partial charge in [0.1, 0.15) is 0 Å². The van der Waals surface area contributed by atoms with Crippen LogP contribution < -0.4 is 4.90 Å². The molecule has 0 aromatic heterocycles. The molecule has 0 spiro atoms. The molecule has 16 heavy (non-hydrogen) atoms. The van der Waals surface area contributed by atoms with Crippen molar-refractivity contribution in [2.45, 2.75) is 13.3 Å². The maximum atomic E-state index is 10.7. The molecule has 0 saturated heterocycles. The molecule has 4 nitrogen and oxygen atoms in total. The molecule has 0 aliphatic heterocycles. The van der Waals surface area contributed by atoms with E-state index in [2.05, 4.69) is 6.07 Å². The van der Waals surface area contributed by atoms with Gasteiger partial charge in [-0.1, -0.05) is 0 Å². The van der Waals surface area contributed by atoms with E-state index in [-0.39, 0.29) is 5.56 Å². The SMILES string of the molecule is CCN(CCC#N)c1ccc(C(=O)O)cc1. The molecule has 0 heterocycles. The predicted molar refractivity (Wildman–Crippen MR) is 61.5 cm³/mol. The minimum Gasteiger partial charge on any atom is -0.478 e. The second-order valence-corrected chi connectivity index (χ2v) is 3.34. The predicted octanol–water partition coefficient (Wildman–Crippen LogP) is 2.12. The van der Waals surface area contributed by atoms with Gasteiger partial charge in [0.2, 0.25) is 0 Å². The van der Waals surface area contributed by atoms with Crippen LogP contribution >= 0.6 is 0 Å². The minimum absolute atomic E-state index is 0.278. The number of aromatic carboxylic acids is 1. The van der Waals surface area contributed by atoms with Crippen molar-refractivity contribution in [1.82, 2.24) is 0 Å². The summed E-state index contributed by atoms with van der Waals surface area (Å²) in [5.41, 5.74) is 1.22. The van der Waals surface area contributed by atoms with Crippen molar-refractivity contribution in [2.75, 3.05) is 18.0 Å².